The number of nitrogens with one attached hydrogen (secondary N) is 3. The van der Waals surface area contributed by atoms with Crippen LogP contribution in [0.2, 0.25) is 0 Å². The summed E-state index contributed by atoms with van der Waals surface area (Å²) in [5, 5.41) is 10.6. The van der Waals surface area contributed by atoms with Gasteiger partial charge in [0.05, 0.1) is 24.2 Å². The lowest BCUT2D eigenvalue weighted by Gasteiger charge is -2.11. The number of methoxy groups -OCH3 is 1. The number of carbonyl (C=O) groups excluding carboxylic acids is 2. The van der Waals surface area contributed by atoms with E-state index in [1.165, 1.54) is 14.0 Å². The van der Waals surface area contributed by atoms with Crippen LogP contribution >= 0.6 is 0 Å². The van der Waals surface area contributed by atoms with Gasteiger partial charge in [0.2, 0.25) is 0 Å². The van der Waals surface area contributed by atoms with Crippen LogP contribution in [0.25, 0.3) is 0 Å². The fourth-order valence-electron chi connectivity index (χ4n) is 2.05. The van der Waals surface area contributed by atoms with Crippen molar-refractivity contribution in [1.29, 1.82) is 0 Å². The van der Waals surface area contributed by atoms with Gasteiger partial charge in [-0.15, -0.1) is 0 Å². The molecule has 0 fully saturated rings. The molecule has 0 bridgehead atoms. The van der Waals surface area contributed by atoms with Crippen LogP contribution in [0.4, 0.5) is 16.2 Å². The third kappa shape index (κ3) is 5.85. The molecular formula is C18H20N6O3. The van der Waals surface area contributed by atoms with Crippen LogP contribution in [0.15, 0.2) is 64.8 Å². The first-order valence-electron chi connectivity index (χ1n) is 7.94. The highest BCUT2D eigenvalue weighted by Gasteiger charge is 2.18. The van der Waals surface area contributed by atoms with E-state index in [0.717, 1.165) is 0 Å². The largest absolute Gasteiger partial charge is 0.495 e. The fourth-order valence-corrected chi connectivity index (χ4v) is 2.05. The SMILES string of the molecule is COc1ccccc1NC(=O)C(=N/Nc1ccccc1)/C(C)=N\NC(N)=O. The Balaban J connectivity index is 2.28. The van der Waals surface area contributed by atoms with Gasteiger partial charge < -0.3 is 15.8 Å². The topological polar surface area (TPSA) is 130 Å². The Labute approximate surface area is 156 Å². The predicted molar refractivity (Wildman–Crippen MR) is 105 cm³/mol. The van der Waals surface area contributed by atoms with Crippen molar-refractivity contribution in [2.75, 3.05) is 17.9 Å². The van der Waals surface area contributed by atoms with E-state index >= 15 is 0 Å². The van der Waals surface area contributed by atoms with Crippen LogP contribution in [0.3, 0.4) is 0 Å². The highest BCUT2D eigenvalue weighted by molar-refractivity contribution is 6.68. The van der Waals surface area contributed by atoms with Gasteiger partial charge in [0.1, 0.15) is 5.75 Å². The monoisotopic (exact) mass is 368 g/mol. The lowest BCUT2D eigenvalue weighted by Crippen LogP contribution is -2.33. The number of ether oxygens (including phenoxy) is 1. The van der Waals surface area contributed by atoms with Gasteiger partial charge in [-0.3, -0.25) is 10.2 Å². The molecule has 0 saturated carbocycles. The number of hydrogen-bond donors (Lipinski definition) is 4. The Bertz CT molecular complexity index is 864. The van der Waals surface area contributed by atoms with Crippen LogP contribution in [-0.4, -0.2) is 30.5 Å². The van der Waals surface area contributed by atoms with E-state index in [2.05, 4.69) is 26.4 Å². The Hall–Kier alpha value is -3.88. The number of nitrogens with two attached hydrogens (primary N) is 1. The van der Waals surface area contributed by atoms with Gasteiger partial charge in [-0.05, 0) is 31.2 Å². The molecule has 0 aliphatic rings. The summed E-state index contributed by atoms with van der Waals surface area (Å²) in [4.78, 5) is 23.6. The second kappa shape index (κ2) is 9.56. The van der Waals surface area contributed by atoms with Crippen LogP contribution in [0.5, 0.6) is 5.75 Å². The fraction of sp³-hybridized carbons (Fsp3) is 0.111. The average Bonchev–Trinajstić information content (AvgIpc) is 2.67. The van der Waals surface area contributed by atoms with Crippen molar-refractivity contribution >= 4 is 34.7 Å². The number of anilines is 2. The minimum atomic E-state index is -0.852. The lowest BCUT2D eigenvalue weighted by molar-refractivity contribution is -0.110. The Morgan fingerprint density at radius 1 is 1.00 bits per heavy atom. The Morgan fingerprint density at radius 2 is 1.67 bits per heavy atom. The number of para-hydroxylation sites is 3. The van der Waals surface area contributed by atoms with E-state index in [0.29, 0.717) is 17.1 Å². The quantitative estimate of drug-likeness (QED) is 0.440. The average molecular weight is 368 g/mol. The molecule has 2 rings (SSSR count). The van der Waals surface area contributed by atoms with Crippen LogP contribution in [-0.2, 0) is 4.79 Å². The van der Waals surface area contributed by atoms with Gasteiger partial charge in [-0.25, -0.2) is 10.2 Å². The number of amides is 3. The van der Waals surface area contributed by atoms with Gasteiger partial charge in [-0.1, -0.05) is 30.3 Å². The van der Waals surface area contributed by atoms with E-state index in [4.69, 9.17) is 10.5 Å². The zero-order valence-electron chi connectivity index (χ0n) is 14.9. The number of rotatable bonds is 7. The third-order valence-corrected chi connectivity index (χ3v) is 3.32. The number of carbonyl (C=O) groups is 2. The molecule has 9 heteroatoms. The molecule has 0 unspecified atom stereocenters. The third-order valence-electron chi connectivity index (χ3n) is 3.32. The molecule has 0 spiro atoms. The summed E-state index contributed by atoms with van der Waals surface area (Å²) in [6.45, 7) is 1.52. The van der Waals surface area contributed by atoms with E-state index in [-0.39, 0.29) is 11.4 Å². The normalized spacial score (nSPS) is 11.5. The number of hydrazone groups is 2. The first kappa shape index (κ1) is 19.4. The molecule has 0 aromatic heterocycles. The van der Waals surface area contributed by atoms with Gasteiger partial charge in [0.15, 0.2) is 5.71 Å². The molecule has 3 amide bonds. The minimum absolute atomic E-state index is 0.0430. The molecule has 5 N–H and O–H groups in total. The minimum Gasteiger partial charge on any atom is -0.495 e. The summed E-state index contributed by atoms with van der Waals surface area (Å²) >= 11 is 0. The maximum absolute atomic E-state index is 12.7. The summed E-state index contributed by atoms with van der Waals surface area (Å²) in [6.07, 6.45) is 0. The van der Waals surface area contributed by atoms with Crippen molar-refractivity contribution in [3.63, 3.8) is 0 Å². The summed E-state index contributed by atoms with van der Waals surface area (Å²) in [6, 6.07) is 15.2. The van der Waals surface area contributed by atoms with E-state index < -0.39 is 11.9 Å². The maximum atomic E-state index is 12.7. The van der Waals surface area contributed by atoms with E-state index in [1.807, 2.05) is 18.2 Å². The number of benzene rings is 2. The number of primary amides is 1. The summed E-state index contributed by atoms with van der Waals surface area (Å²) in [5.41, 5.74) is 11.1. The van der Waals surface area contributed by atoms with Crippen molar-refractivity contribution < 1.29 is 14.3 Å². The molecule has 2 aromatic rings. The molecule has 0 saturated heterocycles. The van der Waals surface area contributed by atoms with Gasteiger partial charge >= 0.3 is 6.03 Å². The van der Waals surface area contributed by atoms with Crippen molar-refractivity contribution in [3.8, 4) is 5.75 Å². The summed E-state index contributed by atoms with van der Waals surface area (Å²) < 4.78 is 5.22. The molecule has 0 aliphatic heterocycles. The first-order valence-corrected chi connectivity index (χ1v) is 7.94. The van der Waals surface area contributed by atoms with Crippen LogP contribution in [0.1, 0.15) is 6.92 Å². The highest BCUT2D eigenvalue weighted by atomic mass is 16.5. The van der Waals surface area contributed by atoms with Crippen LogP contribution < -0.4 is 26.6 Å². The van der Waals surface area contributed by atoms with Gasteiger partial charge in [0, 0.05) is 0 Å². The molecule has 140 valence electrons. The molecule has 0 atom stereocenters. The number of nitrogens with zero attached hydrogens (tertiary/aromatic N) is 2. The molecule has 0 aliphatic carbocycles. The smallest absolute Gasteiger partial charge is 0.332 e. The van der Waals surface area contributed by atoms with E-state index in [9.17, 15) is 9.59 Å². The molecular weight excluding hydrogens is 348 g/mol. The van der Waals surface area contributed by atoms with Crippen molar-refractivity contribution in [3.05, 3.63) is 54.6 Å². The van der Waals surface area contributed by atoms with Crippen molar-refractivity contribution in [2.45, 2.75) is 6.92 Å². The number of hydrogen-bond acceptors (Lipinski definition) is 6. The summed E-state index contributed by atoms with van der Waals surface area (Å²) in [7, 11) is 1.50. The van der Waals surface area contributed by atoms with Crippen molar-refractivity contribution in [2.24, 2.45) is 15.9 Å². The molecule has 9 nitrogen and oxygen atoms in total. The van der Waals surface area contributed by atoms with E-state index in [1.54, 1.807) is 36.4 Å². The zero-order chi connectivity index (χ0) is 19.6. The number of urea groups is 1. The second-order valence-electron chi connectivity index (χ2n) is 5.27. The van der Waals surface area contributed by atoms with Gasteiger partial charge in [0.25, 0.3) is 5.91 Å². The Kier molecular flexibility index (Phi) is 6.89. The lowest BCUT2D eigenvalue weighted by atomic mass is 10.2. The molecule has 0 radical (unpaired) electrons. The summed E-state index contributed by atoms with van der Waals surface area (Å²) in [5.74, 6) is -0.0541. The Morgan fingerprint density at radius 3 is 2.33 bits per heavy atom. The van der Waals surface area contributed by atoms with Crippen LogP contribution in [0, 0.1) is 0 Å². The van der Waals surface area contributed by atoms with Crippen molar-refractivity contribution in [1.82, 2.24) is 5.43 Å². The molecule has 27 heavy (non-hydrogen) atoms. The predicted octanol–water partition coefficient (Wildman–Crippen LogP) is 2.15. The highest BCUT2D eigenvalue weighted by Crippen LogP contribution is 2.23. The first-order chi connectivity index (χ1) is 13.0. The molecule has 2 aromatic carbocycles. The molecule has 0 heterocycles. The maximum Gasteiger partial charge on any atom is 0.332 e. The van der Waals surface area contributed by atoms with Gasteiger partial charge in [-0.2, -0.15) is 10.2 Å². The second-order valence-corrected chi connectivity index (χ2v) is 5.27. The standard InChI is InChI=1S/C18H20N6O3/c1-12(21-24-18(19)26)16(23-22-13-8-4-3-5-9-13)17(25)20-14-10-6-7-11-15(14)27-2/h3-11,22H,1-2H3,(H,20,25)(H3,19,24,26)/b21-12-,23-16+. The zero-order valence-corrected chi connectivity index (χ0v) is 14.9.